The number of hydrogen-bond donors (Lipinski definition) is 2. The van der Waals surface area contributed by atoms with E-state index in [-0.39, 0.29) is 5.91 Å². The van der Waals surface area contributed by atoms with E-state index in [1.54, 1.807) is 7.05 Å². The van der Waals surface area contributed by atoms with Crippen molar-refractivity contribution in [2.24, 2.45) is 11.8 Å². The molecule has 0 bridgehead atoms. The first-order valence-corrected chi connectivity index (χ1v) is 7.70. The standard InChI is InChI=1S/C17H26N2O/c1-13-3-5-14(6-4-13)11-19-12-15-7-9-16(10-8-15)17(20)18-2/h7-10,13-14,19H,3-6,11-12H2,1-2H3,(H,18,20). The average molecular weight is 274 g/mol. The van der Waals surface area contributed by atoms with Gasteiger partial charge in [-0.2, -0.15) is 0 Å². The SMILES string of the molecule is CNC(=O)c1ccc(CNCC2CCC(C)CC2)cc1. The molecule has 1 amide bonds. The second kappa shape index (κ2) is 7.44. The summed E-state index contributed by atoms with van der Waals surface area (Å²) in [5, 5.41) is 6.18. The van der Waals surface area contributed by atoms with E-state index in [0.717, 1.165) is 30.5 Å². The van der Waals surface area contributed by atoms with Crippen LogP contribution in [-0.4, -0.2) is 19.5 Å². The van der Waals surface area contributed by atoms with Crippen LogP contribution in [0, 0.1) is 11.8 Å². The monoisotopic (exact) mass is 274 g/mol. The van der Waals surface area contributed by atoms with E-state index in [2.05, 4.69) is 17.6 Å². The Balaban J connectivity index is 1.73. The van der Waals surface area contributed by atoms with Crippen molar-refractivity contribution in [3.63, 3.8) is 0 Å². The number of rotatable bonds is 5. The van der Waals surface area contributed by atoms with Gasteiger partial charge in [-0.15, -0.1) is 0 Å². The molecule has 1 aliphatic carbocycles. The molecule has 3 nitrogen and oxygen atoms in total. The summed E-state index contributed by atoms with van der Waals surface area (Å²) in [4.78, 5) is 11.4. The number of amides is 1. The van der Waals surface area contributed by atoms with Crippen molar-refractivity contribution in [3.8, 4) is 0 Å². The molecule has 110 valence electrons. The van der Waals surface area contributed by atoms with Crippen molar-refractivity contribution in [1.82, 2.24) is 10.6 Å². The van der Waals surface area contributed by atoms with Gasteiger partial charge < -0.3 is 10.6 Å². The van der Waals surface area contributed by atoms with Gasteiger partial charge in [-0.3, -0.25) is 4.79 Å². The molecule has 0 radical (unpaired) electrons. The highest BCUT2D eigenvalue weighted by atomic mass is 16.1. The molecule has 1 saturated carbocycles. The van der Waals surface area contributed by atoms with E-state index in [0.29, 0.717) is 0 Å². The van der Waals surface area contributed by atoms with Crippen molar-refractivity contribution in [3.05, 3.63) is 35.4 Å². The summed E-state index contributed by atoms with van der Waals surface area (Å²) >= 11 is 0. The molecule has 2 rings (SSSR count). The highest BCUT2D eigenvalue weighted by Gasteiger charge is 2.17. The molecule has 0 saturated heterocycles. The zero-order chi connectivity index (χ0) is 14.4. The van der Waals surface area contributed by atoms with E-state index in [1.807, 2.05) is 24.3 Å². The van der Waals surface area contributed by atoms with Gasteiger partial charge in [0.2, 0.25) is 0 Å². The van der Waals surface area contributed by atoms with Crippen LogP contribution >= 0.6 is 0 Å². The Kier molecular flexibility index (Phi) is 5.60. The minimum atomic E-state index is -0.0270. The van der Waals surface area contributed by atoms with E-state index >= 15 is 0 Å². The molecule has 0 spiro atoms. The smallest absolute Gasteiger partial charge is 0.251 e. The van der Waals surface area contributed by atoms with Crippen LogP contribution in [0.3, 0.4) is 0 Å². The zero-order valence-electron chi connectivity index (χ0n) is 12.6. The second-order valence-corrected chi connectivity index (χ2v) is 6.03. The van der Waals surface area contributed by atoms with Crippen LogP contribution < -0.4 is 10.6 Å². The number of hydrogen-bond acceptors (Lipinski definition) is 2. The fourth-order valence-electron chi connectivity index (χ4n) is 2.87. The normalized spacial score (nSPS) is 22.5. The van der Waals surface area contributed by atoms with Gasteiger partial charge in [0.1, 0.15) is 0 Å². The summed E-state index contributed by atoms with van der Waals surface area (Å²) < 4.78 is 0. The molecule has 1 fully saturated rings. The van der Waals surface area contributed by atoms with Gasteiger partial charge in [-0.1, -0.05) is 31.9 Å². The molecule has 0 aliphatic heterocycles. The van der Waals surface area contributed by atoms with Crippen molar-refractivity contribution in [2.45, 2.75) is 39.2 Å². The quantitative estimate of drug-likeness (QED) is 0.866. The Morgan fingerprint density at radius 2 is 1.80 bits per heavy atom. The van der Waals surface area contributed by atoms with Gasteiger partial charge in [0.05, 0.1) is 0 Å². The Bertz CT molecular complexity index is 419. The van der Waals surface area contributed by atoms with Crippen LogP contribution in [0.2, 0.25) is 0 Å². The van der Waals surface area contributed by atoms with Gasteiger partial charge in [0, 0.05) is 19.2 Å². The fourth-order valence-corrected chi connectivity index (χ4v) is 2.87. The third-order valence-electron chi connectivity index (χ3n) is 4.34. The van der Waals surface area contributed by atoms with Crippen LogP contribution in [0.1, 0.15) is 48.5 Å². The highest BCUT2D eigenvalue weighted by molar-refractivity contribution is 5.93. The zero-order valence-corrected chi connectivity index (χ0v) is 12.6. The molecule has 1 aromatic carbocycles. The molecule has 20 heavy (non-hydrogen) atoms. The molecule has 0 unspecified atom stereocenters. The van der Waals surface area contributed by atoms with E-state index in [9.17, 15) is 4.79 Å². The molecule has 1 aliphatic rings. The molecule has 3 heteroatoms. The Morgan fingerprint density at radius 1 is 1.15 bits per heavy atom. The molecule has 1 aromatic rings. The predicted molar refractivity (Wildman–Crippen MR) is 82.7 cm³/mol. The van der Waals surface area contributed by atoms with Gasteiger partial charge >= 0.3 is 0 Å². The second-order valence-electron chi connectivity index (χ2n) is 6.03. The van der Waals surface area contributed by atoms with Crippen LogP contribution in [0.4, 0.5) is 0 Å². The first-order chi connectivity index (χ1) is 9.69. The van der Waals surface area contributed by atoms with Crippen molar-refractivity contribution < 1.29 is 4.79 Å². The number of carbonyl (C=O) groups is 1. The maximum Gasteiger partial charge on any atom is 0.251 e. The minimum absolute atomic E-state index is 0.0270. The van der Waals surface area contributed by atoms with Crippen molar-refractivity contribution in [1.29, 1.82) is 0 Å². The lowest BCUT2D eigenvalue weighted by molar-refractivity contribution is 0.0963. The summed E-state index contributed by atoms with van der Waals surface area (Å²) in [6, 6.07) is 7.83. The van der Waals surface area contributed by atoms with Crippen LogP contribution in [0.5, 0.6) is 0 Å². The lowest BCUT2D eigenvalue weighted by atomic mass is 9.83. The summed E-state index contributed by atoms with van der Waals surface area (Å²) in [5.74, 6) is 1.74. The van der Waals surface area contributed by atoms with Crippen LogP contribution in [0.25, 0.3) is 0 Å². The highest BCUT2D eigenvalue weighted by Crippen LogP contribution is 2.27. The third-order valence-corrected chi connectivity index (χ3v) is 4.34. The van der Waals surface area contributed by atoms with Gasteiger partial charge in [0.15, 0.2) is 0 Å². The van der Waals surface area contributed by atoms with Crippen molar-refractivity contribution >= 4 is 5.91 Å². The van der Waals surface area contributed by atoms with Crippen molar-refractivity contribution in [2.75, 3.05) is 13.6 Å². The van der Waals surface area contributed by atoms with Gasteiger partial charge in [0.25, 0.3) is 5.91 Å². The first kappa shape index (κ1) is 15.0. The van der Waals surface area contributed by atoms with E-state index in [1.165, 1.54) is 31.2 Å². The maximum atomic E-state index is 11.4. The number of benzene rings is 1. The lowest BCUT2D eigenvalue weighted by Gasteiger charge is -2.26. The predicted octanol–water partition coefficient (Wildman–Crippen LogP) is 2.96. The maximum absolute atomic E-state index is 11.4. The lowest BCUT2D eigenvalue weighted by Crippen LogP contribution is -2.25. The Hall–Kier alpha value is -1.35. The van der Waals surface area contributed by atoms with E-state index < -0.39 is 0 Å². The molecular weight excluding hydrogens is 248 g/mol. The summed E-state index contributed by atoms with van der Waals surface area (Å²) in [5.41, 5.74) is 1.96. The molecule has 0 atom stereocenters. The van der Waals surface area contributed by atoms with Gasteiger partial charge in [-0.25, -0.2) is 0 Å². The topological polar surface area (TPSA) is 41.1 Å². The van der Waals surface area contributed by atoms with Crippen LogP contribution in [-0.2, 0) is 6.54 Å². The third kappa shape index (κ3) is 4.34. The average Bonchev–Trinajstić information content (AvgIpc) is 2.49. The fraction of sp³-hybridized carbons (Fsp3) is 0.588. The molecule has 0 aromatic heterocycles. The summed E-state index contributed by atoms with van der Waals surface area (Å²) in [7, 11) is 1.66. The Morgan fingerprint density at radius 3 is 2.40 bits per heavy atom. The number of nitrogens with one attached hydrogen (secondary N) is 2. The van der Waals surface area contributed by atoms with Crippen LogP contribution in [0.15, 0.2) is 24.3 Å². The first-order valence-electron chi connectivity index (χ1n) is 7.70. The van der Waals surface area contributed by atoms with E-state index in [4.69, 9.17) is 0 Å². The molecular formula is C17H26N2O. The minimum Gasteiger partial charge on any atom is -0.355 e. The van der Waals surface area contributed by atoms with Gasteiger partial charge in [-0.05, 0) is 48.9 Å². The summed E-state index contributed by atoms with van der Waals surface area (Å²) in [6.07, 6.45) is 5.49. The molecule has 0 heterocycles. The Labute approximate surface area is 122 Å². The number of carbonyl (C=O) groups excluding carboxylic acids is 1. The largest absolute Gasteiger partial charge is 0.355 e. The summed E-state index contributed by atoms with van der Waals surface area (Å²) in [6.45, 7) is 4.36. The molecule has 2 N–H and O–H groups in total.